The van der Waals surface area contributed by atoms with Crippen LogP contribution in [0.3, 0.4) is 0 Å². The number of likely N-dealkylation sites (tertiary alicyclic amines) is 1. The molecule has 1 rings (SSSR count). The summed E-state index contributed by atoms with van der Waals surface area (Å²) >= 11 is 0. The van der Waals surface area contributed by atoms with E-state index in [2.05, 4.69) is 19.2 Å². The predicted molar refractivity (Wildman–Crippen MR) is 118 cm³/mol. The highest BCUT2D eigenvalue weighted by molar-refractivity contribution is 6.03. The van der Waals surface area contributed by atoms with Gasteiger partial charge in [-0.3, -0.25) is 24.1 Å². The molecule has 7 heteroatoms. The normalized spacial score (nSPS) is 16.7. The first kappa shape index (κ1) is 28.2. The minimum Gasteiger partial charge on any atom is -0.396 e. The molecule has 7 nitrogen and oxygen atoms in total. The van der Waals surface area contributed by atoms with Crippen molar-refractivity contribution in [2.45, 2.75) is 80.6 Å². The smallest absolute Gasteiger partial charge is 0.233 e. The van der Waals surface area contributed by atoms with E-state index in [1.54, 1.807) is 0 Å². The fourth-order valence-electron chi connectivity index (χ4n) is 3.16. The standard InChI is InChI=1S/C15H26N2O3.C8H16O2/c1-10(2)5-7-16-13(18)6-8-17-14(19)9-12(11(3)4)15(17)20;1-4-7(10)8(2,3)5-6-9/h10-12H,5-9H2,1-4H3,(H,16,18);9H,4-6H2,1-3H3. The van der Waals surface area contributed by atoms with Crippen molar-refractivity contribution in [3.05, 3.63) is 0 Å². The second-order valence-electron chi connectivity index (χ2n) is 9.35. The van der Waals surface area contributed by atoms with E-state index in [4.69, 9.17) is 5.11 Å². The number of aliphatic hydroxyl groups excluding tert-OH is 1. The number of nitrogens with one attached hydrogen (secondary N) is 1. The van der Waals surface area contributed by atoms with Crippen LogP contribution in [0.4, 0.5) is 0 Å². The van der Waals surface area contributed by atoms with Gasteiger partial charge in [-0.25, -0.2) is 0 Å². The topological polar surface area (TPSA) is 104 Å². The Balaban J connectivity index is 0.000000710. The molecule has 1 heterocycles. The van der Waals surface area contributed by atoms with Crippen LogP contribution in [-0.2, 0) is 19.2 Å². The zero-order valence-electron chi connectivity index (χ0n) is 19.9. The third kappa shape index (κ3) is 9.83. The van der Waals surface area contributed by atoms with Crippen molar-refractivity contribution >= 4 is 23.5 Å². The highest BCUT2D eigenvalue weighted by atomic mass is 16.3. The van der Waals surface area contributed by atoms with E-state index in [1.165, 1.54) is 4.90 Å². The van der Waals surface area contributed by atoms with Crippen LogP contribution in [0, 0.1) is 23.2 Å². The molecule has 0 aromatic rings. The van der Waals surface area contributed by atoms with E-state index >= 15 is 0 Å². The second kappa shape index (κ2) is 13.5. The summed E-state index contributed by atoms with van der Waals surface area (Å²) in [7, 11) is 0. The molecule has 0 saturated carbocycles. The Labute approximate surface area is 182 Å². The fourth-order valence-corrected chi connectivity index (χ4v) is 3.16. The number of carbonyl (C=O) groups excluding carboxylic acids is 4. The first-order chi connectivity index (χ1) is 13.9. The minimum atomic E-state index is -0.330. The molecule has 0 aromatic heterocycles. The number of amides is 3. The Morgan fingerprint density at radius 2 is 1.80 bits per heavy atom. The highest BCUT2D eigenvalue weighted by Crippen LogP contribution is 2.26. The van der Waals surface area contributed by atoms with E-state index in [9.17, 15) is 19.2 Å². The summed E-state index contributed by atoms with van der Waals surface area (Å²) in [5.41, 5.74) is -0.330. The van der Waals surface area contributed by atoms with E-state index in [0.717, 1.165) is 6.42 Å². The van der Waals surface area contributed by atoms with Crippen molar-refractivity contribution < 1.29 is 24.3 Å². The van der Waals surface area contributed by atoms with Gasteiger partial charge in [-0.15, -0.1) is 0 Å². The average Bonchev–Trinajstić information content (AvgIpc) is 2.93. The summed E-state index contributed by atoms with van der Waals surface area (Å²) in [6.07, 6.45) is 2.54. The Hall–Kier alpha value is -1.76. The number of nitrogens with zero attached hydrogens (tertiary/aromatic N) is 1. The monoisotopic (exact) mass is 426 g/mol. The zero-order valence-corrected chi connectivity index (χ0v) is 19.9. The summed E-state index contributed by atoms with van der Waals surface area (Å²) in [5, 5.41) is 11.4. The maximum absolute atomic E-state index is 12.0. The van der Waals surface area contributed by atoms with Crippen LogP contribution in [0.1, 0.15) is 80.6 Å². The zero-order chi connectivity index (χ0) is 23.5. The van der Waals surface area contributed by atoms with Gasteiger partial charge in [0.2, 0.25) is 17.7 Å². The molecule has 3 amide bonds. The molecule has 1 unspecified atom stereocenters. The minimum absolute atomic E-state index is 0.0960. The van der Waals surface area contributed by atoms with Gasteiger partial charge in [0.15, 0.2) is 0 Å². The predicted octanol–water partition coefficient (Wildman–Crippen LogP) is 2.94. The number of carbonyl (C=O) groups is 4. The second-order valence-corrected chi connectivity index (χ2v) is 9.35. The molecular formula is C23H42N2O5. The summed E-state index contributed by atoms with van der Waals surface area (Å²) in [4.78, 5) is 47.8. The van der Waals surface area contributed by atoms with Gasteiger partial charge in [0.25, 0.3) is 0 Å². The molecule has 0 spiro atoms. The van der Waals surface area contributed by atoms with Crippen LogP contribution >= 0.6 is 0 Å². The Morgan fingerprint density at radius 3 is 2.23 bits per heavy atom. The van der Waals surface area contributed by atoms with Crippen LogP contribution in [0.2, 0.25) is 0 Å². The van der Waals surface area contributed by atoms with Crippen molar-refractivity contribution in [2.75, 3.05) is 19.7 Å². The van der Waals surface area contributed by atoms with Crippen LogP contribution in [0.5, 0.6) is 0 Å². The van der Waals surface area contributed by atoms with Gasteiger partial charge in [0, 0.05) is 50.3 Å². The lowest BCUT2D eigenvalue weighted by molar-refractivity contribution is -0.140. The molecule has 1 aliphatic rings. The van der Waals surface area contributed by atoms with Crippen molar-refractivity contribution in [3.63, 3.8) is 0 Å². The lowest BCUT2D eigenvalue weighted by atomic mass is 9.84. The summed E-state index contributed by atoms with van der Waals surface area (Å²) in [5.74, 6) is 0.344. The summed E-state index contributed by atoms with van der Waals surface area (Å²) < 4.78 is 0. The van der Waals surface area contributed by atoms with Crippen molar-refractivity contribution in [1.29, 1.82) is 0 Å². The number of aliphatic hydroxyl groups is 1. The van der Waals surface area contributed by atoms with E-state index in [0.29, 0.717) is 25.3 Å². The van der Waals surface area contributed by atoms with Crippen molar-refractivity contribution in [3.8, 4) is 0 Å². The molecule has 174 valence electrons. The molecule has 30 heavy (non-hydrogen) atoms. The third-order valence-corrected chi connectivity index (χ3v) is 5.50. The van der Waals surface area contributed by atoms with Crippen LogP contribution in [0.25, 0.3) is 0 Å². The number of hydrogen-bond donors (Lipinski definition) is 2. The number of imide groups is 1. The Kier molecular flexibility index (Phi) is 12.7. The van der Waals surface area contributed by atoms with Crippen molar-refractivity contribution in [2.24, 2.45) is 23.2 Å². The number of rotatable bonds is 11. The van der Waals surface area contributed by atoms with Crippen molar-refractivity contribution in [1.82, 2.24) is 10.2 Å². The van der Waals surface area contributed by atoms with Crippen LogP contribution in [-0.4, -0.2) is 53.2 Å². The van der Waals surface area contributed by atoms with Gasteiger partial charge in [-0.05, 0) is 24.7 Å². The molecule has 1 fully saturated rings. The molecule has 0 aromatic carbocycles. The Bertz CT molecular complexity index is 584. The van der Waals surface area contributed by atoms with Gasteiger partial charge in [0.1, 0.15) is 5.78 Å². The number of hydrogen-bond acceptors (Lipinski definition) is 5. The van der Waals surface area contributed by atoms with Gasteiger partial charge in [0.05, 0.1) is 0 Å². The quantitative estimate of drug-likeness (QED) is 0.494. The third-order valence-electron chi connectivity index (χ3n) is 5.50. The molecule has 1 saturated heterocycles. The molecule has 0 bridgehead atoms. The van der Waals surface area contributed by atoms with Gasteiger partial charge in [-0.1, -0.05) is 48.5 Å². The van der Waals surface area contributed by atoms with Gasteiger partial charge >= 0.3 is 0 Å². The van der Waals surface area contributed by atoms with Crippen LogP contribution < -0.4 is 5.32 Å². The summed E-state index contributed by atoms with van der Waals surface area (Å²) in [6.45, 7) is 14.6. The van der Waals surface area contributed by atoms with E-state index in [-0.39, 0.29) is 66.7 Å². The largest absolute Gasteiger partial charge is 0.396 e. The van der Waals surface area contributed by atoms with Gasteiger partial charge in [-0.2, -0.15) is 0 Å². The van der Waals surface area contributed by atoms with Crippen LogP contribution in [0.15, 0.2) is 0 Å². The fraction of sp³-hybridized carbons (Fsp3) is 0.826. The lowest BCUT2D eigenvalue weighted by Gasteiger charge is -2.20. The molecule has 1 atom stereocenters. The average molecular weight is 427 g/mol. The van der Waals surface area contributed by atoms with Gasteiger partial charge < -0.3 is 10.4 Å². The SMILES string of the molecule is CC(C)CCNC(=O)CCN1C(=O)CC(C(C)C)C1=O.CCC(=O)C(C)(C)CCO. The number of ketones is 1. The first-order valence-corrected chi connectivity index (χ1v) is 11.1. The Morgan fingerprint density at radius 1 is 1.20 bits per heavy atom. The molecule has 0 aliphatic carbocycles. The number of Topliss-reactive ketones (excluding diaryl/α,β-unsaturated/α-hetero) is 1. The molecule has 1 aliphatic heterocycles. The molecular weight excluding hydrogens is 384 g/mol. The lowest BCUT2D eigenvalue weighted by Crippen LogP contribution is -2.36. The first-order valence-electron chi connectivity index (χ1n) is 11.1. The maximum Gasteiger partial charge on any atom is 0.233 e. The maximum atomic E-state index is 12.0. The molecule has 0 radical (unpaired) electrons. The van der Waals surface area contributed by atoms with E-state index in [1.807, 2.05) is 34.6 Å². The van der Waals surface area contributed by atoms with E-state index < -0.39 is 0 Å². The summed E-state index contributed by atoms with van der Waals surface area (Å²) in [6, 6.07) is 0. The highest BCUT2D eigenvalue weighted by Gasteiger charge is 2.39. The molecule has 2 N–H and O–H groups in total.